The molecule has 0 atom stereocenters. The third-order valence-electron chi connectivity index (χ3n) is 2.40. The first-order valence-corrected chi connectivity index (χ1v) is 5.46. The van der Waals surface area contributed by atoms with E-state index in [1.54, 1.807) is 0 Å². The van der Waals surface area contributed by atoms with E-state index in [4.69, 9.17) is 0 Å². The lowest BCUT2D eigenvalue weighted by Crippen LogP contribution is -2.00. The lowest BCUT2D eigenvalue weighted by atomic mass is 10.3. The van der Waals surface area contributed by atoms with Crippen LogP contribution in [0.2, 0.25) is 0 Å². The standard InChI is InChI=1S/C12H16N4/c1-3-16-9-11(8-15-16)7-14-12-5-4-10(2)6-13-12/h4-6,8-9H,3,7H2,1-2H3,(H,13,14). The summed E-state index contributed by atoms with van der Waals surface area (Å²) in [6, 6.07) is 4.03. The molecule has 0 fully saturated rings. The zero-order valence-electron chi connectivity index (χ0n) is 9.64. The van der Waals surface area contributed by atoms with E-state index in [1.165, 1.54) is 11.1 Å². The van der Waals surface area contributed by atoms with Crippen LogP contribution in [0.4, 0.5) is 5.82 Å². The average Bonchev–Trinajstić information content (AvgIpc) is 2.76. The summed E-state index contributed by atoms with van der Waals surface area (Å²) in [5.74, 6) is 0.898. The number of aromatic nitrogens is 3. The Hall–Kier alpha value is -1.84. The van der Waals surface area contributed by atoms with Gasteiger partial charge >= 0.3 is 0 Å². The number of nitrogens with one attached hydrogen (secondary N) is 1. The quantitative estimate of drug-likeness (QED) is 0.852. The monoisotopic (exact) mass is 216 g/mol. The summed E-state index contributed by atoms with van der Waals surface area (Å²) in [6.45, 7) is 5.77. The molecule has 16 heavy (non-hydrogen) atoms. The zero-order valence-corrected chi connectivity index (χ0v) is 9.64. The van der Waals surface area contributed by atoms with Gasteiger partial charge in [0.15, 0.2) is 0 Å². The Labute approximate surface area is 95.3 Å². The molecule has 0 radical (unpaired) electrons. The van der Waals surface area contributed by atoms with Crippen molar-refractivity contribution in [3.63, 3.8) is 0 Å². The molecule has 0 aliphatic heterocycles. The van der Waals surface area contributed by atoms with Crippen LogP contribution in [0.1, 0.15) is 18.1 Å². The van der Waals surface area contributed by atoms with Crippen molar-refractivity contribution in [3.8, 4) is 0 Å². The van der Waals surface area contributed by atoms with Gasteiger partial charge in [-0.3, -0.25) is 4.68 Å². The van der Waals surface area contributed by atoms with Crippen LogP contribution in [0.5, 0.6) is 0 Å². The fraction of sp³-hybridized carbons (Fsp3) is 0.333. The smallest absolute Gasteiger partial charge is 0.126 e. The van der Waals surface area contributed by atoms with Crippen LogP contribution in [0.15, 0.2) is 30.7 Å². The van der Waals surface area contributed by atoms with Crippen molar-refractivity contribution in [1.29, 1.82) is 0 Å². The normalized spacial score (nSPS) is 10.4. The fourth-order valence-corrected chi connectivity index (χ4v) is 1.44. The van der Waals surface area contributed by atoms with Crippen molar-refractivity contribution >= 4 is 5.82 Å². The third-order valence-corrected chi connectivity index (χ3v) is 2.40. The molecule has 2 aromatic heterocycles. The molecule has 0 amide bonds. The van der Waals surface area contributed by atoms with Gasteiger partial charge in [-0.05, 0) is 25.5 Å². The molecule has 0 saturated heterocycles. The Morgan fingerprint density at radius 3 is 2.81 bits per heavy atom. The van der Waals surface area contributed by atoms with E-state index in [1.807, 2.05) is 42.3 Å². The van der Waals surface area contributed by atoms with Gasteiger partial charge in [-0.2, -0.15) is 5.10 Å². The summed E-state index contributed by atoms with van der Waals surface area (Å²) in [5.41, 5.74) is 2.34. The Bertz CT molecular complexity index is 444. The minimum Gasteiger partial charge on any atom is -0.366 e. The Morgan fingerprint density at radius 2 is 2.19 bits per heavy atom. The van der Waals surface area contributed by atoms with E-state index in [0.29, 0.717) is 0 Å². The molecule has 0 spiro atoms. The maximum atomic E-state index is 4.28. The molecule has 0 aliphatic rings. The predicted molar refractivity (Wildman–Crippen MR) is 64.2 cm³/mol. The molecule has 0 bridgehead atoms. The number of pyridine rings is 1. The lowest BCUT2D eigenvalue weighted by molar-refractivity contribution is 0.659. The Kier molecular flexibility index (Phi) is 3.19. The van der Waals surface area contributed by atoms with Crippen molar-refractivity contribution in [2.45, 2.75) is 26.9 Å². The van der Waals surface area contributed by atoms with Gasteiger partial charge in [0.25, 0.3) is 0 Å². The third kappa shape index (κ3) is 2.59. The Balaban J connectivity index is 1.94. The highest BCUT2D eigenvalue weighted by atomic mass is 15.3. The average molecular weight is 216 g/mol. The van der Waals surface area contributed by atoms with Gasteiger partial charge in [-0.15, -0.1) is 0 Å². The van der Waals surface area contributed by atoms with Crippen LogP contribution in [0, 0.1) is 6.92 Å². The molecule has 4 heteroatoms. The molecule has 4 nitrogen and oxygen atoms in total. The second-order valence-corrected chi connectivity index (χ2v) is 3.78. The molecule has 2 aromatic rings. The van der Waals surface area contributed by atoms with E-state index >= 15 is 0 Å². The highest BCUT2D eigenvalue weighted by Crippen LogP contribution is 2.06. The van der Waals surface area contributed by atoms with E-state index in [2.05, 4.69) is 22.3 Å². The van der Waals surface area contributed by atoms with Crippen LogP contribution >= 0.6 is 0 Å². The second-order valence-electron chi connectivity index (χ2n) is 3.78. The first-order chi connectivity index (χ1) is 7.78. The summed E-state index contributed by atoms with van der Waals surface area (Å²) >= 11 is 0. The van der Waals surface area contributed by atoms with E-state index in [-0.39, 0.29) is 0 Å². The molecule has 84 valence electrons. The van der Waals surface area contributed by atoms with Crippen LogP contribution in [0.3, 0.4) is 0 Å². The summed E-state index contributed by atoms with van der Waals surface area (Å²) in [4.78, 5) is 4.28. The largest absolute Gasteiger partial charge is 0.366 e. The van der Waals surface area contributed by atoms with Gasteiger partial charge in [-0.25, -0.2) is 4.98 Å². The molecular formula is C12H16N4. The topological polar surface area (TPSA) is 42.7 Å². The molecule has 2 rings (SSSR count). The molecule has 0 saturated carbocycles. The van der Waals surface area contributed by atoms with Gasteiger partial charge in [0.05, 0.1) is 6.20 Å². The summed E-state index contributed by atoms with van der Waals surface area (Å²) in [7, 11) is 0. The lowest BCUT2D eigenvalue weighted by Gasteiger charge is -2.03. The van der Waals surface area contributed by atoms with Crippen LogP contribution < -0.4 is 5.32 Å². The number of aryl methyl sites for hydroxylation is 2. The van der Waals surface area contributed by atoms with Crippen molar-refractivity contribution in [1.82, 2.24) is 14.8 Å². The number of rotatable bonds is 4. The van der Waals surface area contributed by atoms with Crippen molar-refractivity contribution < 1.29 is 0 Å². The molecule has 1 N–H and O–H groups in total. The van der Waals surface area contributed by atoms with Gasteiger partial charge < -0.3 is 5.32 Å². The van der Waals surface area contributed by atoms with Crippen molar-refractivity contribution in [2.75, 3.05) is 5.32 Å². The van der Waals surface area contributed by atoms with Crippen molar-refractivity contribution in [2.24, 2.45) is 0 Å². The molecular weight excluding hydrogens is 200 g/mol. The van der Waals surface area contributed by atoms with Crippen LogP contribution in [-0.2, 0) is 13.1 Å². The highest BCUT2D eigenvalue weighted by molar-refractivity contribution is 5.35. The zero-order chi connectivity index (χ0) is 11.4. The summed E-state index contributed by atoms with van der Waals surface area (Å²) < 4.78 is 1.92. The summed E-state index contributed by atoms with van der Waals surface area (Å²) in [5, 5.41) is 7.48. The highest BCUT2D eigenvalue weighted by Gasteiger charge is 1.98. The second kappa shape index (κ2) is 4.79. The first-order valence-electron chi connectivity index (χ1n) is 5.46. The minimum atomic E-state index is 0.760. The summed E-state index contributed by atoms with van der Waals surface area (Å²) in [6.07, 6.45) is 5.78. The molecule has 0 aliphatic carbocycles. The van der Waals surface area contributed by atoms with Gasteiger partial charge in [-0.1, -0.05) is 6.07 Å². The van der Waals surface area contributed by atoms with Gasteiger partial charge in [0.2, 0.25) is 0 Å². The van der Waals surface area contributed by atoms with E-state index in [9.17, 15) is 0 Å². The number of hydrogen-bond acceptors (Lipinski definition) is 3. The maximum absolute atomic E-state index is 4.28. The number of anilines is 1. The molecule has 2 heterocycles. The SMILES string of the molecule is CCn1cc(CNc2ccc(C)cn2)cn1. The Morgan fingerprint density at radius 1 is 1.31 bits per heavy atom. The minimum absolute atomic E-state index is 0.760. The predicted octanol–water partition coefficient (Wildman–Crippen LogP) is 2.22. The molecule has 0 unspecified atom stereocenters. The fourth-order valence-electron chi connectivity index (χ4n) is 1.44. The van der Waals surface area contributed by atoms with E-state index < -0.39 is 0 Å². The van der Waals surface area contributed by atoms with Crippen molar-refractivity contribution in [3.05, 3.63) is 41.9 Å². The van der Waals surface area contributed by atoms with E-state index in [0.717, 1.165) is 18.9 Å². The van der Waals surface area contributed by atoms with Gasteiger partial charge in [0.1, 0.15) is 5.82 Å². The molecule has 0 aromatic carbocycles. The number of nitrogens with zero attached hydrogens (tertiary/aromatic N) is 3. The first kappa shape index (κ1) is 10.7. The van der Waals surface area contributed by atoms with Crippen LogP contribution in [-0.4, -0.2) is 14.8 Å². The maximum Gasteiger partial charge on any atom is 0.126 e. The van der Waals surface area contributed by atoms with Crippen LogP contribution in [0.25, 0.3) is 0 Å². The number of hydrogen-bond donors (Lipinski definition) is 1. The van der Waals surface area contributed by atoms with Gasteiger partial charge in [0, 0.05) is 31.0 Å².